The van der Waals surface area contributed by atoms with Gasteiger partial charge in [-0.25, -0.2) is 4.79 Å². The molecule has 0 aliphatic carbocycles. The van der Waals surface area contributed by atoms with E-state index in [1.54, 1.807) is 16.2 Å². The largest absolute Gasteiger partial charge is 0.350 e. The van der Waals surface area contributed by atoms with Crippen molar-refractivity contribution in [2.24, 2.45) is 5.92 Å². The van der Waals surface area contributed by atoms with Crippen molar-refractivity contribution in [2.75, 3.05) is 13.1 Å². The van der Waals surface area contributed by atoms with Gasteiger partial charge in [-0.3, -0.25) is 4.79 Å². The van der Waals surface area contributed by atoms with E-state index in [0.717, 1.165) is 6.42 Å². The van der Waals surface area contributed by atoms with Crippen molar-refractivity contribution < 1.29 is 9.59 Å². The molecule has 2 N–H and O–H groups in total. The number of carbonyl (C=O) groups is 2. The maximum Gasteiger partial charge on any atom is 0.318 e. The van der Waals surface area contributed by atoms with Crippen LogP contribution in [0.2, 0.25) is 0 Å². The van der Waals surface area contributed by atoms with Crippen LogP contribution in [0.1, 0.15) is 38.1 Å². The van der Waals surface area contributed by atoms with Gasteiger partial charge in [0.1, 0.15) is 0 Å². The molecule has 0 aromatic carbocycles. The number of carbonyl (C=O) groups excluding carboxylic acids is 2. The normalized spacial score (nSPS) is 16.5. The predicted molar refractivity (Wildman–Crippen MR) is 84.2 cm³/mol. The Hall–Kier alpha value is -1.56. The lowest BCUT2D eigenvalue weighted by molar-refractivity contribution is -0.120. The lowest BCUT2D eigenvalue weighted by Crippen LogP contribution is -2.62. The first-order chi connectivity index (χ1) is 9.95. The lowest BCUT2D eigenvalue weighted by atomic mass is 10.0. The van der Waals surface area contributed by atoms with E-state index >= 15 is 0 Å². The van der Waals surface area contributed by atoms with Gasteiger partial charge >= 0.3 is 6.03 Å². The summed E-state index contributed by atoms with van der Waals surface area (Å²) < 4.78 is 0. The summed E-state index contributed by atoms with van der Waals surface area (Å²) in [7, 11) is 0. The van der Waals surface area contributed by atoms with E-state index in [9.17, 15) is 9.59 Å². The van der Waals surface area contributed by atoms with Crippen LogP contribution in [0.25, 0.3) is 0 Å². The van der Waals surface area contributed by atoms with E-state index in [0.29, 0.717) is 19.0 Å². The molecule has 2 rings (SSSR count). The number of hydrogen-bond acceptors (Lipinski definition) is 3. The summed E-state index contributed by atoms with van der Waals surface area (Å²) in [6, 6.07) is 4.19. The SMILES string of the molecule is CC(=O)NC1CN(C(=O)N[C@@H](CC(C)C)c2cccs2)C1. The molecule has 1 atom stereocenters. The third-order valence-electron chi connectivity index (χ3n) is 3.47. The molecular formula is C15H23N3O2S. The van der Waals surface area contributed by atoms with Gasteiger partial charge in [-0.15, -0.1) is 11.3 Å². The van der Waals surface area contributed by atoms with Gasteiger partial charge in [0.25, 0.3) is 0 Å². The lowest BCUT2D eigenvalue weighted by Gasteiger charge is -2.40. The number of likely N-dealkylation sites (tertiary alicyclic amines) is 1. The van der Waals surface area contributed by atoms with Gasteiger partial charge in [0, 0.05) is 24.9 Å². The number of thiophene rings is 1. The van der Waals surface area contributed by atoms with E-state index in [1.807, 2.05) is 11.4 Å². The molecule has 116 valence electrons. The predicted octanol–water partition coefficient (Wildman–Crippen LogP) is 2.37. The first kappa shape index (κ1) is 15.8. The Morgan fingerprint density at radius 1 is 1.43 bits per heavy atom. The maximum atomic E-state index is 12.3. The summed E-state index contributed by atoms with van der Waals surface area (Å²) in [5.74, 6) is 0.470. The van der Waals surface area contributed by atoms with Crippen LogP contribution in [0.15, 0.2) is 17.5 Å². The summed E-state index contributed by atoms with van der Waals surface area (Å²) in [5, 5.41) is 7.96. The summed E-state index contributed by atoms with van der Waals surface area (Å²) >= 11 is 1.67. The van der Waals surface area contributed by atoms with Crippen molar-refractivity contribution in [3.8, 4) is 0 Å². The van der Waals surface area contributed by atoms with E-state index in [4.69, 9.17) is 0 Å². The second-order valence-corrected chi connectivity index (χ2v) is 6.93. The Bertz CT molecular complexity index is 481. The van der Waals surface area contributed by atoms with Crippen LogP contribution in [-0.2, 0) is 4.79 Å². The molecule has 0 bridgehead atoms. The fourth-order valence-electron chi connectivity index (χ4n) is 2.47. The van der Waals surface area contributed by atoms with Crippen LogP contribution >= 0.6 is 11.3 Å². The minimum absolute atomic E-state index is 0.0451. The van der Waals surface area contributed by atoms with Crippen LogP contribution in [0.3, 0.4) is 0 Å². The van der Waals surface area contributed by atoms with Crippen LogP contribution in [0.5, 0.6) is 0 Å². The molecule has 0 spiro atoms. The highest BCUT2D eigenvalue weighted by Gasteiger charge is 2.32. The first-order valence-corrected chi connectivity index (χ1v) is 8.19. The Kier molecular flexibility index (Phi) is 5.22. The minimum atomic E-state index is -0.0457. The molecule has 3 amide bonds. The number of rotatable bonds is 5. The van der Waals surface area contributed by atoms with Crippen molar-refractivity contribution in [3.05, 3.63) is 22.4 Å². The average molecular weight is 309 g/mol. The smallest absolute Gasteiger partial charge is 0.318 e. The van der Waals surface area contributed by atoms with Crippen LogP contribution in [0, 0.1) is 5.92 Å². The average Bonchev–Trinajstić information content (AvgIpc) is 2.85. The van der Waals surface area contributed by atoms with Crippen molar-refractivity contribution in [1.29, 1.82) is 0 Å². The third kappa shape index (κ3) is 4.46. The standard InChI is InChI=1S/C15H23N3O2S/c1-10(2)7-13(14-5-4-6-21-14)17-15(20)18-8-12(9-18)16-11(3)19/h4-6,10,12-13H,7-9H2,1-3H3,(H,16,19)(H,17,20)/t13-/m0/s1. The fraction of sp³-hybridized carbons (Fsp3) is 0.600. The molecule has 1 fully saturated rings. The number of urea groups is 1. The summed E-state index contributed by atoms with van der Waals surface area (Å²) in [6.07, 6.45) is 0.926. The minimum Gasteiger partial charge on any atom is -0.350 e. The molecule has 1 aromatic heterocycles. The number of nitrogens with zero attached hydrogens (tertiary/aromatic N) is 1. The topological polar surface area (TPSA) is 61.4 Å². The molecule has 1 saturated heterocycles. The van der Waals surface area contributed by atoms with Gasteiger partial charge in [0.05, 0.1) is 12.1 Å². The zero-order valence-electron chi connectivity index (χ0n) is 12.8. The molecular weight excluding hydrogens is 286 g/mol. The molecule has 0 radical (unpaired) electrons. The number of amides is 3. The molecule has 0 saturated carbocycles. The Morgan fingerprint density at radius 2 is 2.14 bits per heavy atom. The van der Waals surface area contributed by atoms with Gasteiger partial charge in [0.2, 0.25) is 5.91 Å². The van der Waals surface area contributed by atoms with Crippen molar-refractivity contribution in [2.45, 2.75) is 39.3 Å². The number of nitrogens with one attached hydrogen (secondary N) is 2. The molecule has 1 aromatic rings. The molecule has 1 aliphatic rings. The maximum absolute atomic E-state index is 12.3. The molecule has 6 heteroatoms. The first-order valence-electron chi connectivity index (χ1n) is 7.31. The summed E-state index contributed by atoms with van der Waals surface area (Å²) in [5.41, 5.74) is 0. The molecule has 2 heterocycles. The van der Waals surface area contributed by atoms with Crippen LogP contribution in [-0.4, -0.2) is 36.0 Å². The fourth-order valence-corrected chi connectivity index (χ4v) is 3.26. The Balaban J connectivity index is 1.86. The highest BCUT2D eigenvalue weighted by Crippen LogP contribution is 2.25. The van der Waals surface area contributed by atoms with E-state index in [-0.39, 0.29) is 24.0 Å². The van der Waals surface area contributed by atoms with Crippen LogP contribution < -0.4 is 10.6 Å². The van der Waals surface area contributed by atoms with Crippen molar-refractivity contribution >= 4 is 23.3 Å². The van der Waals surface area contributed by atoms with Crippen LogP contribution in [0.4, 0.5) is 4.79 Å². The van der Waals surface area contributed by atoms with Crippen molar-refractivity contribution in [3.63, 3.8) is 0 Å². The summed E-state index contributed by atoms with van der Waals surface area (Å²) in [6.45, 7) is 6.99. The highest BCUT2D eigenvalue weighted by molar-refractivity contribution is 7.10. The highest BCUT2D eigenvalue weighted by atomic mass is 32.1. The Labute approximate surface area is 129 Å². The third-order valence-corrected chi connectivity index (χ3v) is 4.45. The van der Waals surface area contributed by atoms with Gasteiger partial charge in [-0.05, 0) is 23.8 Å². The van der Waals surface area contributed by atoms with E-state index in [1.165, 1.54) is 11.8 Å². The molecule has 1 aliphatic heterocycles. The van der Waals surface area contributed by atoms with E-state index < -0.39 is 0 Å². The monoisotopic (exact) mass is 309 g/mol. The summed E-state index contributed by atoms with van der Waals surface area (Å²) in [4.78, 5) is 26.1. The van der Waals surface area contributed by atoms with Gasteiger partial charge in [-0.1, -0.05) is 19.9 Å². The second-order valence-electron chi connectivity index (χ2n) is 5.95. The molecule has 21 heavy (non-hydrogen) atoms. The number of hydrogen-bond donors (Lipinski definition) is 2. The van der Waals surface area contributed by atoms with Crippen molar-refractivity contribution in [1.82, 2.24) is 15.5 Å². The molecule has 0 unspecified atom stereocenters. The quantitative estimate of drug-likeness (QED) is 0.877. The van der Waals surface area contributed by atoms with Gasteiger partial charge in [0.15, 0.2) is 0 Å². The zero-order chi connectivity index (χ0) is 15.4. The van der Waals surface area contributed by atoms with Gasteiger partial charge in [-0.2, -0.15) is 0 Å². The Morgan fingerprint density at radius 3 is 2.67 bits per heavy atom. The zero-order valence-corrected chi connectivity index (χ0v) is 13.6. The van der Waals surface area contributed by atoms with Gasteiger partial charge < -0.3 is 15.5 Å². The molecule has 5 nitrogen and oxygen atoms in total. The second kappa shape index (κ2) is 6.93. The van der Waals surface area contributed by atoms with E-state index in [2.05, 4.69) is 30.5 Å².